The Labute approximate surface area is 187 Å². The highest BCUT2D eigenvalue weighted by atomic mass is 32.2. The molecule has 6 nitrogen and oxygen atoms in total. The van der Waals surface area contributed by atoms with E-state index in [1.807, 2.05) is 25.3 Å². The fraction of sp³-hybridized carbons (Fsp3) is 0.391. The normalized spacial score (nSPS) is 12.8. The summed E-state index contributed by atoms with van der Waals surface area (Å²) in [5, 5.41) is 5.78. The van der Waals surface area contributed by atoms with Crippen molar-refractivity contribution in [2.75, 3.05) is 39.8 Å². The van der Waals surface area contributed by atoms with Crippen LogP contribution in [-0.4, -0.2) is 62.5 Å². The minimum absolute atomic E-state index is 0.129. The van der Waals surface area contributed by atoms with E-state index in [0.717, 1.165) is 11.3 Å². The Kier molecular flexibility index (Phi) is 9.81. The number of amides is 2. The van der Waals surface area contributed by atoms with E-state index in [0.29, 0.717) is 24.3 Å². The molecule has 0 spiro atoms. The van der Waals surface area contributed by atoms with Gasteiger partial charge in [0.05, 0.1) is 18.7 Å². The SMILES string of the molecule is COc1ccccc1C(=O)NC(CCSC)C(=O)NCC(c1ccc(F)cc1)N(C)C. The van der Waals surface area contributed by atoms with Gasteiger partial charge in [-0.25, -0.2) is 4.39 Å². The molecule has 0 saturated heterocycles. The maximum atomic E-state index is 13.3. The van der Waals surface area contributed by atoms with E-state index < -0.39 is 6.04 Å². The number of carbonyl (C=O) groups is 2. The zero-order chi connectivity index (χ0) is 22.8. The van der Waals surface area contributed by atoms with Crippen LogP contribution in [0.15, 0.2) is 48.5 Å². The number of nitrogens with zero attached hydrogens (tertiary/aromatic N) is 1. The summed E-state index contributed by atoms with van der Waals surface area (Å²) in [6.45, 7) is 0.331. The van der Waals surface area contributed by atoms with Gasteiger partial charge in [-0.2, -0.15) is 11.8 Å². The topological polar surface area (TPSA) is 70.7 Å². The number of methoxy groups -OCH3 is 1. The highest BCUT2D eigenvalue weighted by molar-refractivity contribution is 7.98. The van der Waals surface area contributed by atoms with Gasteiger partial charge in [0.15, 0.2) is 0 Å². The molecule has 2 rings (SSSR count). The first-order chi connectivity index (χ1) is 14.9. The molecule has 2 aromatic carbocycles. The third-order valence-corrected chi connectivity index (χ3v) is 5.58. The molecule has 0 fully saturated rings. The molecule has 2 aromatic rings. The van der Waals surface area contributed by atoms with E-state index in [9.17, 15) is 14.0 Å². The number of thioether (sulfide) groups is 1. The smallest absolute Gasteiger partial charge is 0.255 e. The summed E-state index contributed by atoms with van der Waals surface area (Å²) in [7, 11) is 5.30. The minimum Gasteiger partial charge on any atom is -0.496 e. The van der Waals surface area contributed by atoms with Crippen molar-refractivity contribution >= 4 is 23.6 Å². The third-order valence-electron chi connectivity index (χ3n) is 4.93. The molecule has 0 radical (unpaired) electrons. The Bertz CT molecular complexity index is 861. The van der Waals surface area contributed by atoms with Crippen molar-refractivity contribution in [3.05, 3.63) is 65.5 Å². The van der Waals surface area contributed by atoms with Gasteiger partial charge in [0.25, 0.3) is 5.91 Å². The Morgan fingerprint density at radius 1 is 1.13 bits per heavy atom. The average Bonchev–Trinajstić information content (AvgIpc) is 2.77. The van der Waals surface area contributed by atoms with Crippen LogP contribution >= 0.6 is 11.8 Å². The van der Waals surface area contributed by atoms with Gasteiger partial charge in [-0.1, -0.05) is 24.3 Å². The highest BCUT2D eigenvalue weighted by Gasteiger charge is 2.24. The Hall–Kier alpha value is -2.58. The van der Waals surface area contributed by atoms with Crippen LogP contribution < -0.4 is 15.4 Å². The Morgan fingerprint density at radius 3 is 2.42 bits per heavy atom. The van der Waals surface area contributed by atoms with Crippen LogP contribution in [0, 0.1) is 5.82 Å². The van der Waals surface area contributed by atoms with Crippen molar-refractivity contribution < 1.29 is 18.7 Å². The van der Waals surface area contributed by atoms with Gasteiger partial charge in [0.2, 0.25) is 5.91 Å². The summed E-state index contributed by atoms with van der Waals surface area (Å²) in [5.41, 5.74) is 1.27. The summed E-state index contributed by atoms with van der Waals surface area (Å²) in [5.74, 6) is 0.251. The van der Waals surface area contributed by atoms with E-state index in [4.69, 9.17) is 4.74 Å². The van der Waals surface area contributed by atoms with Crippen LogP contribution in [0.1, 0.15) is 28.4 Å². The molecule has 2 N–H and O–H groups in total. The van der Waals surface area contributed by atoms with Crippen LogP contribution in [0.4, 0.5) is 4.39 Å². The Morgan fingerprint density at radius 2 is 1.81 bits per heavy atom. The van der Waals surface area contributed by atoms with E-state index >= 15 is 0 Å². The number of benzene rings is 2. The number of carbonyl (C=O) groups excluding carboxylic acids is 2. The number of hydrogen-bond acceptors (Lipinski definition) is 5. The zero-order valence-electron chi connectivity index (χ0n) is 18.4. The van der Waals surface area contributed by atoms with E-state index in [-0.39, 0.29) is 23.7 Å². The first-order valence-corrected chi connectivity index (χ1v) is 11.4. The van der Waals surface area contributed by atoms with E-state index in [1.54, 1.807) is 48.2 Å². The quantitative estimate of drug-likeness (QED) is 0.554. The molecule has 0 aliphatic heterocycles. The van der Waals surface area contributed by atoms with Gasteiger partial charge in [0, 0.05) is 6.54 Å². The predicted octanol–water partition coefficient (Wildman–Crippen LogP) is 3.10. The minimum atomic E-state index is -0.680. The largest absolute Gasteiger partial charge is 0.496 e. The van der Waals surface area contributed by atoms with Crippen LogP contribution in [0.3, 0.4) is 0 Å². The Balaban J connectivity index is 2.09. The lowest BCUT2D eigenvalue weighted by Gasteiger charge is -2.26. The molecule has 0 heterocycles. The number of ether oxygens (including phenoxy) is 1. The van der Waals surface area contributed by atoms with Crippen LogP contribution in [0.25, 0.3) is 0 Å². The number of halogens is 1. The molecule has 2 atom stereocenters. The van der Waals surface area contributed by atoms with Gasteiger partial charge in [-0.3, -0.25) is 9.59 Å². The second-order valence-electron chi connectivity index (χ2n) is 7.28. The van der Waals surface area contributed by atoms with Crippen molar-refractivity contribution in [2.45, 2.75) is 18.5 Å². The summed E-state index contributed by atoms with van der Waals surface area (Å²) < 4.78 is 18.5. The van der Waals surface area contributed by atoms with Gasteiger partial charge < -0.3 is 20.3 Å². The molecule has 31 heavy (non-hydrogen) atoms. The number of nitrogens with one attached hydrogen (secondary N) is 2. The van der Waals surface area contributed by atoms with E-state index in [1.165, 1.54) is 19.2 Å². The van der Waals surface area contributed by atoms with Gasteiger partial charge in [-0.05, 0) is 62.4 Å². The standard InChI is InChI=1S/C23H30FN3O3S/c1-27(2)20(16-9-11-17(24)12-10-16)15-25-23(29)19(13-14-31-4)26-22(28)18-7-5-6-8-21(18)30-3/h5-12,19-20H,13-15H2,1-4H3,(H,25,29)(H,26,28). The van der Waals surface area contributed by atoms with Crippen molar-refractivity contribution in [1.82, 2.24) is 15.5 Å². The molecular weight excluding hydrogens is 417 g/mol. The molecular formula is C23H30FN3O3S. The maximum Gasteiger partial charge on any atom is 0.255 e. The van der Waals surface area contributed by atoms with E-state index in [2.05, 4.69) is 10.6 Å². The predicted molar refractivity (Wildman–Crippen MR) is 123 cm³/mol. The summed E-state index contributed by atoms with van der Waals surface area (Å²) >= 11 is 1.61. The molecule has 0 bridgehead atoms. The summed E-state index contributed by atoms with van der Waals surface area (Å²) in [6.07, 6.45) is 2.45. The third kappa shape index (κ3) is 7.25. The van der Waals surface area contributed by atoms with Crippen molar-refractivity contribution in [3.8, 4) is 5.75 Å². The van der Waals surface area contributed by atoms with Crippen LogP contribution in [0.5, 0.6) is 5.75 Å². The fourth-order valence-electron chi connectivity index (χ4n) is 3.18. The van der Waals surface area contributed by atoms with Crippen molar-refractivity contribution in [2.24, 2.45) is 0 Å². The number of hydrogen-bond donors (Lipinski definition) is 2. The highest BCUT2D eigenvalue weighted by Crippen LogP contribution is 2.19. The lowest BCUT2D eigenvalue weighted by molar-refractivity contribution is -0.123. The van der Waals surface area contributed by atoms with Crippen LogP contribution in [-0.2, 0) is 4.79 Å². The number of likely N-dealkylation sites (N-methyl/N-ethyl adjacent to an activating group) is 1. The first kappa shape index (κ1) is 24.7. The monoisotopic (exact) mass is 447 g/mol. The molecule has 0 aliphatic rings. The summed E-state index contributed by atoms with van der Waals surface area (Å²) in [4.78, 5) is 27.7. The average molecular weight is 448 g/mol. The van der Waals surface area contributed by atoms with Gasteiger partial charge in [0.1, 0.15) is 17.6 Å². The fourth-order valence-corrected chi connectivity index (χ4v) is 3.65. The second kappa shape index (κ2) is 12.3. The molecule has 2 unspecified atom stereocenters. The van der Waals surface area contributed by atoms with Crippen molar-refractivity contribution in [1.29, 1.82) is 0 Å². The second-order valence-corrected chi connectivity index (χ2v) is 8.27. The zero-order valence-corrected chi connectivity index (χ0v) is 19.2. The van der Waals surface area contributed by atoms with Gasteiger partial charge >= 0.3 is 0 Å². The van der Waals surface area contributed by atoms with Crippen LogP contribution in [0.2, 0.25) is 0 Å². The number of para-hydroxylation sites is 1. The lowest BCUT2D eigenvalue weighted by Crippen LogP contribution is -2.48. The number of rotatable bonds is 11. The molecule has 0 saturated carbocycles. The first-order valence-electron chi connectivity index (χ1n) is 9.99. The molecule has 2 amide bonds. The summed E-state index contributed by atoms with van der Waals surface area (Å²) in [6, 6.07) is 12.3. The molecule has 8 heteroatoms. The lowest BCUT2D eigenvalue weighted by atomic mass is 10.1. The molecule has 0 aliphatic carbocycles. The van der Waals surface area contributed by atoms with Crippen molar-refractivity contribution in [3.63, 3.8) is 0 Å². The molecule has 0 aromatic heterocycles. The van der Waals surface area contributed by atoms with Gasteiger partial charge in [-0.15, -0.1) is 0 Å². The molecule has 168 valence electrons. The maximum absolute atomic E-state index is 13.3.